The Morgan fingerprint density at radius 1 is 1.10 bits per heavy atom. The van der Waals surface area contributed by atoms with E-state index < -0.39 is 5.97 Å². The molecule has 0 saturated carbocycles. The van der Waals surface area contributed by atoms with Crippen LogP contribution in [0.3, 0.4) is 0 Å². The van der Waals surface area contributed by atoms with E-state index in [9.17, 15) is 9.59 Å². The molecule has 1 amide bonds. The molecule has 0 spiro atoms. The molecule has 1 N–H and O–H groups in total. The highest BCUT2D eigenvalue weighted by molar-refractivity contribution is 5.94. The number of nitrogens with one attached hydrogen (secondary N) is 1. The lowest BCUT2D eigenvalue weighted by atomic mass is 10.2. The van der Waals surface area contributed by atoms with Gasteiger partial charge >= 0.3 is 5.97 Å². The molecule has 8 heteroatoms. The lowest BCUT2D eigenvalue weighted by molar-refractivity contribution is -0.146. The summed E-state index contributed by atoms with van der Waals surface area (Å²) < 4.78 is 15.9. The SMILES string of the molecule is CCOc1ccccc1-c1noc(COC(=O)CC(C)NC(=O)c2ccccc2)n1. The maximum Gasteiger partial charge on any atom is 0.308 e. The van der Waals surface area contributed by atoms with Crippen LogP contribution in [0.5, 0.6) is 5.75 Å². The maximum atomic E-state index is 12.1. The summed E-state index contributed by atoms with van der Waals surface area (Å²) in [5.74, 6) is 0.447. The molecule has 1 unspecified atom stereocenters. The average Bonchev–Trinajstić information content (AvgIpc) is 3.22. The summed E-state index contributed by atoms with van der Waals surface area (Å²) in [6.07, 6.45) is 0.0206. The molecule has 156 valence electrons. The van der Waals surface area contributed by atoms with E-state index in [1.54, 1.807) is 31.2 Å². The third-order valence-corrected chi connectivity index (χ3v) is 4.14. The molecule has 1 aromatic heterocycles. The summed E-state index contributed by atoms with van der Waals surface area (Å²) in [5.41, 5.74) is 1.22. The smallest absolute Gasteiger partial charge is 0.308 e. The number of amides is 1. The van der Waals surface area contributed by atoms with E-state index in [1.165, 1.54) is 0 Å². The molecule has 2 aromatic carbocycles. The number of esters is 1. The van der Waals surface area contributed by atoms with Crippen molar-refractivity contribution in [1.82, 2.24) is 15.5 Å². The molecular weight excluding hydrogens is 386 g/mol. The molecule has 30 heavy (non-hydrogen) atoms. The topological polar surface area (TPSA) is 104 Å². The van der Waals surface area contributed by atoms with E-state index >= 15 is 0 Å². The molecule has 0 fully saturated rings. The number of para-hydroxylation sites is 1. The van der Waals surface area contributed by atoms with Crippen molar-refractivity contribution in [2.24, 2.45) is 0 Å². The zero-order chi connectivity index (χ0) is 21.3. The van der Waals surface area contributed by atoms with E-state index in [0.29, 0.717) is 29.3 Å². The molecule has 1 heterocycles. The van der Waals surface area contributed by atoms with Crippen LogP contribution in [0.4, 0.5) is 0 Å². The van der Waals surface area contributed by atoms with Gasteiger partial charge in [-0.15, -0.1) is 0 Å². The lowest BCUT2D eigenvalue weighted by Crippen LogP contribution is -2.34. The molecule has 0 aliphatic rings. The molecular formula is C22H23N3O5. The zero-order valence-electron chi connectivity index (χ0n) is 16.8. The average molecular weight is 409 g/mol. The quantitative estimate of drug-likeness (QED) is 0.540. The Morgan fingerprint density at radius 3 is 2.60 bits per heavy atom. The first-order chi connectivity index (χ1) is 14.6. The monoisotopic (exact) mass is 409 g/mol. The highest BCUT2D eigenvalue weighted by Crippen LogP contribution is 2.27. The summed E-state index contributed by atoms with van der Waals surface area (Å²) in [6, 6.07) is 15.8. The van der Waals surface area contributed by atoms with Crippen molar-refractivity contribution in [3.8, 4) is 17.1 Å². The molecule has 0 radical (unpaired) electrons. The Kier molecular flexibility index (Phi) is 7.15. The number of carbonyl (C=O) groups is 2. The normalized spacial score (nSPS) is 11.5. The Bertz CT molecular complexity index is 987. The van der Waals surface area contributed by atoms with Crippen LogP contribution in [0.25, 0.3) is 11.4 Å². The predicted molar refractivity (Wildman–Crippen MR) is 109 cm³/mol. The van der Waals surface area contributed by atoms with Crippen LogP contribution in [0.1, 0.15) is 36.5 Å². The summed E-state index contributed by atoms with van der Waals surface area (Å²) in [7, 11) is 0. The van der Waals surface area contributed by atoms with Crippen LogP contribution in [0.2, 0.25) is 0 Å². The number of rotatable bonds is 9. The van der Waals surface area contributed by atoms with Crippen molar-refractivity contribution >= 4 is 11.9 Å². The second-order valence-electron chi connectivity index (χ2n) is 6.55. The Hall–Kier alpha value is -3.68. The minimum Gasteiger partial charge on any atom is -0.493 e. The van der Waals surface area contributed by atoms with E-state index in [2.05, 4.69) is 15.5 Å². The number of aromatic nitrogens is 2. The van der Waals surface area contributed by atoms with Crippen LogP contribution in [-0.4, -0.2) is 34.7 Å². The number of nitrogens with zero attached hydrogens (tertiary/aromatic N) is 2. The van der Waals surface area contributed by atoms with Gasteiger partial charge in [0.15, 0.2) is 6.61 Å². The van der Waals surface area contributed by atoms with Gasteiger partial charge in [-0.2, -0.15) is 4.98 Å². The van der Waals surface area contributed by atoms with E-state index in [4.69, 9.17) is 14.0 Å². The predicted octanol–water partition coefficient (Wildman–Crippen LogP) is 3.39. The van der Waals surface area contributed by atoms with Crippen molar-refractivity contribution in [2.75, 3.05) is 6.61 Å². The van der Waals surface area contributed by atoms with Gasteiger partial charge in [0.1, 0.15) is 5.75 Å². The Labute approximate surface area is 174 Å². The Morgan fingerprint density at radius 2 is 1.83 bits per heavy atom. The summed E-state index contributed by atoms with van der Waals surface area (Å²) >= 11 is 0. The highest BCUT2D eigenvalue weighted by Gasteiger charge is 2.17. The van der Waals surface area contributed by atoms with Crippen LogP contribution in [0, 0.1) is 0 Å². The fraction of sp³-hybridized carbons (Fsp3) is 0.273. The fourth-order valence-electron chi connectivity index (χ4n) is 2.75. The van der Waals surface area contributed by atoms with Crippen LogP contribution in [-0.2, 0) is 16.1 Å². The first-order valence-electron chi connectivity index (χ1n) is 9.63. The zero-order valence-corrected chi connectivity index (χ0v) is 16.8. The van der Waals surface area contributed by atoms with Gasteiger partial charge in [0.25, 0.3) is 11.8 Å². The van der Waals surface area contributed by atoms with Gasteiger partial charge in [-0.05, 0) is 38.1 Å². The molecule has 0 aliphatic heterocycles. The second kappa shape index (κ2) is 10.2. The maximum absolute atomic E-state index is 12.1. The van der Waals surface area contributed by atoms with Crippen molar-refractivity contribution in [2.45, 2.75) is 32.9 Å². The van der Waals surface area contributed by atoms with E-state index in [0.717, 1.165) is 0 Å². The molecule has 1 atom stereocenters. The largest absolute Gasteiger partial charge is 0.493 e. The highest BCUT2D eigenvalue weighted by atomic mass is 16.6. The fourth-order valence-corrected chi connectivity index (χ4v) is 2.75. The molecule has 8 nitrogen and oxygen atoms in total. The standard InChI is InChI=1S/C22H23N3O5/c1-3-28-18-12-8-7-11-17(18)21-24-19(30-25-21)14-29-20(26)13-15(2)23-22(27)16-9-5-4-6-10-16/h4-12,15H,3,13-14H2,1-2H3,(H,23,27). The van der Waals surface area contributed by atoms with Gasteiger partial charge < -0.3 is 19.3 Å². The number of ether oxygens (including phenoxy) is 2. The van der Waals surface area contributed by atoms with Crippen molar-refractivity contribution in [1.29, 1.82) is 0 Å². The van der Waals surface area contributed by atoms with Crippen molar-refractivity contribution in [3.63, 3.8) is 0 Å². The van der Waals surface area contributed by atoms with Gasteiger partial charge in [0.05, 0.1) is 18.6 Å². The summed E-state index contributed by atoms with van der Waals surface area (Å²) in [4.78, 5) is 28.5. The van der Waals surface area contributed by atoms with Crippen molar-refractivity contribution < 1.29 is 23.6 Å². The van der Waals surface area contributed by atoms with Crippen molar-refractivity contribution in [3.05, 3.63) is 66.1 Å². The number of hydrogen-bond acceptors (Lipinski definition) is 7. The van der Waals surface area contributed by atoms with Gasteiger partial charge in [0, 0.05) is 11.6 Å². The lowest BCUT2D eigenvalue weighted by Gasteiger charge is -2.13. The number of carbonyl (C=O) groups excluding carboxylic acids is 2. The third kappa shape index (κ3) is 5.66. The van der Waals surface area contributed by atoms with Crippen LogP contribution < -0.4 is 10.1 Å². The third-order valence-electron chi connectivity index (χ3n) is 4.14. The molecule has 0 aliphatic carbocycles. The molecule has 3 aromatic rings. The summed E-state index contributed by atoms with van der Waals surface area (Å²) in [5, 5.41) is 6.69. The molecule has 0 bridgehead atoms. The van der Waals surface area contributed by atoms with Gasteiger partial charge in [-0.3, -0.25) is 9.59 Å². The Balaban J connectivity index is 1.50. The summed E-state index contributed by atoms with van der Waals surface area (Å²) in [6.45, 7) is 3.99. The van der Waals surface area contributed by atoms with Crippen LogP contribution >= 0.6 is 0 Å². The molecule has 0 saturated heterocycles. The molecule has 3 rings (SSSR count). The van der Waals surface area contributed by atoms with E-state index in [1.807, 2.05) is 37.3 Å². The van der Waals surface area contributed by atoms with Gasteiger partial charge in [-0.1, -0.05) is 35.5 Å². The van der Waals surface area contributed by atoms with Gasteiger partial charge in [0.2, 0.25) is 5.82 Å². The van der Waals surface area contributed by atoms with Gasteiger partial charge in [-0.25, -0.2) is 0 Å². The number of hydrogen-bond donors (Lipinski definition) is 1. The first kappa shape index (κ1) is 21.0. The van der Waals surface area contributed by atoms with E-state index in [-0.39, 0.29) is 30.9 Å². The second-order valence-corrected chi connectivity index (χ2v) is 6.55. The number of benzene rings is 2. The first-order valence-corrected chi connectivity index (χ1v) is 9.63. The minimum atomic E-state index is -0.481. The van der Waals surface area contributed by atoms with Crippen LogP contribution in [0.15, 0.2) is 59.1 Å². The minimum absolute atomic E-state index is 0.0206.